The fourth-order valence-electron chi connectivity index (χ4n) is 2.99. The molecule has 2 rings (SSSR count). The summed E-state index contributed by atoms with van der Waals surface area (Å²) in [6.07, 6.45) is 11.9. The molecule has 5 nitrogen and oxygen atoms in total. The van der Waals surface area contributed by atoms with E-state index in [4.69, 9.17) is 0 Å². The van der Waals surface area contributed by atoms with Gasteiger partial charge in [-0.15, -0.1) is 0 Å². The Morgan fingerprint density at radius 2 is 1.85 bits per heavy atom. The Morgan fingerprint density at radius 3 is 2.50 bits per heavy atom. The SMILES string of the molecule is CCCCCCCN(CC)CCNC(=O)c1ccc(-n2ccnc2)cc1. The minimum Gasteiger partial charge on any atom is -0.351 e. The van der Waals surface area contributed by atoms with E-state index in [2.05, 4.69) is 29.0 Å². The van der Waals surface area contributed by atoms with Crippen molar-refractivity contribution in [1.82, 2.24) is 19.8 Å². The van der Waals surface area contributed by atoms with E-state index >= 15 is 0 Å². The molecule has 1 N–H and O–H groups in total. The number of rotatable bonds is 12. The normalized spacial score (nSPS) is 11.0. The molecule has 1 amide bonds. The number of nitrogens with zero attached hydrogens (tertiary/aromatic N) is 3. The zero-order valence-electron chi connectivity index (χ0n) is 16.2. The molecule has 0 bridgehead atoms. The molecule has 1 heterocycles. The molecule has 0 spiro atoms. The third kappa shape index (κ3) is 6.64. The van der Waals surface area contributed by atoms with Gasteiger partial charge in [0.15, 0.2) is 0 Å². The second kappa shape index (κ2) is 11.5. The molecule has 0 saturated heterocycles. The lowest BCUT2D eigenvalue weighted by Crippen LogP contribution is -2.35. The van der Waals surface area contributed by atoms with Crippen molar-refractivity contribution in [3.8, 4) is 5.69 Å². The fraction of sp³-hybridized carbons (Fsp3) is 0.524. The highest BCUT2D eigenvalue weighted by Crippen LogP contribution is 2.09. The van der Waals surface area contributed by atoms with Crippen LogP contribution in [0.4, 0.5) is 0 Å². The maximum atomic E-state index is 12.3. The Morgan fingerprint density at radius 1 is 1.08 bits per heavy atom. The van der Waals surface area contributed by atoms with Crippen LogP contribution >= 0.6 is 0 Å². The van der Waals surface area contributed by atoms with E-state index < -0.39 is 0 Å². The first kappa shape index (κ1) is 20.2. The van der Waals surface area contributed by atoms with E-state index in [0.29, 0.717) is 12.1 Å². The predicted molar refractivity (Wildman–Crippen MR) is 107 cm³/mol. The smallest absolute Gasteiger partial charge is 0.251 e. The zero-order valence-corrected chi connectivity index (χ0v) is 16.2. The Bertz CT molecular complexity index is 622. The van der Waals surface area contributed by atoms with Gasteiger partial charge in [0.25, 0.3) is 5.91 Å². The topological polar surface area (TPSA) is 50.2 Å². The lowest BCUT2D eigenvalue weighted by atomic mass is 10.1. The number of hydrogen-bond acceptors (Lipinski definition) is 3. The molecule has 1 aromatic carbocycles. The van der Waals surface area contributed by atoms with E-state index in [-0.39, 0.29) is 5.91 Å². The second-order valence-corrected chi connectivity index (χ2v) is 6.62. The van der Waals surface area contributed by atoms with Crippen LogP contribution in [0.3, 0.4) is 0 Å². The van der Waals surface area contributed by atoms with Crippen LogP contribution in [-0.4, -0.2) is 46.5 Å². The predicted octanol–water partition coefficient (Wildman–Crippen LogP) is 3.89. The van der Waals surface area contributed by atoms with Crippen LogP contribution in [0.5, 0.6) is 0 Å². The van der Waals surface area contributed by atoms with E-state index in [1.165, 1.54) is 32.1 Å². The van der Waals surface area contributed by atoms with Gasteiger partial charge >= 0.3 is 0 Å². The van der Waals surface area contributed by atoms with Gasteiger partial charge in [0.05, 0.1) is 6.33 Å². The van der Waals surface area contributed by atoms with Crippen LogP contribution in [-0.2, 0) is 0 Å². The zero-order chi connectivity index (χ0) is 18.6. The van der Waals surface area contributed by atoms with E-state index in [9.17, 15) is 4.79 Å². The van der Waals surface area contributed by atoms with Crippen molar-refractivity contribution in [2.45, 2.75) is 46.0 Å². The van der Waals surface area contributed by atoms with Crippen LogP contribution < -0.4 is 5.32 Å². The molecule has 0 aliphatic rings. The first-order valence-corrected chi connectivity index (χ1v) is 9.83. The van der Waals surface area contributed by atoms with Gasteiger partial charge in [-0.25, -0.2) is 4.98 Å². The van der Waals surface area contributed by atoms with Crippen molar-refractivity contribution >= 4 is 5.91 Å². The number of carbonyl (C=O) groups is 1. The van der Waals surface area contributed by atoms with Crippen molar-refractivity contribution in [2.75, 3.05) is 26.2 Å². The van der Waals surface area contributed by atoms with Crippen molar-refractivity contribution in [2.24, 2.45) is 0 Å². The summed E-state index contributed by atoms with van der Waals surface area (Å²) in [5.41, 5.74) is 1.69. The molecule has 0 aliphatic carbocycles. The molecule has 142 valence electrons. The van der Waals surface area contributed by atoms with Crippen LogP contribution in [0, 0.1) is 0 Å². The number of amides is 1. The molecule has 0 unspecified atom stereocenters. The standard InChI is InChI=1S/C21H32N4O/c1-3-5-6-7-8-15-24(4-2)16-14-23-21(26)19-9-11-20(12-10-19)25-17-13-22-18-25/h9-13,17-18H,3-8,14-16H2,1-2H3,(H,23,26). The van der Waals surface area contributed by atoms with E-state index in [0.717, 1.165) is 25.3 Å². The quantitative estimate of drug-likeness (QED) is 0.587. The molecule has 0 radical (unpaired) electrons. The fourth-order valence-corrected chi connectivity index (χ4v) is 2.99. The van der Waals surface area contributed by atoms with Crippen LogP contribution in [0.1, 0.15) is 56.3 Å². The largest absolute Gasteiger partial charge is 0.351 e. The van der Waals surface area contributed by atoms with Gasteiger partial charge < -0.3 is 14.8 Å². The highest BCUT2D eigenvalue weighted by Gasteiger charge is 2.07. The van der Waals surface area contributed by atoms with Crippen LogP contribution in [0.25, 0.3) is 5.69 Å². The third-order valence-corrected chi connectivity index (χ3v) is 4.67. The summed E-state index contributed by atoms with van der Waals surface area (Å²) in [5, 5.41) is 3.03. The average Bonchev–Trinajstić information content (AvgIpc) is 3.21. The van der Waals surface area contributed by atoms with Gasteiger partial charge in [-0.05, 0) is 43.8 Å². The number of benzene rings is 1. The molecular formula is C21H32N4O. The van der Waals surface area contributed by atoms with Gasteiger partial charge in [-0.2, -0.15) is 0 Å². The first-order chi connectivity index (χ1) is 12.7. The number of likely N-dealkylation sites (N-methyl/N-ethyl adjacent to an activating group) is 1. The monoisotopic (exact) mass is 356 g/mol. The summed E-state index contributed by atoms with van der Waals surface area (Å²) in [5.74, 6) is -0.0128. The number of unbranched alkanes of at least 4 members (excludes halogenated alkanes) is 4. The van der Waals surface area contributed by atoms with Gasteiger partial charge in [0.2, 0.25) is 0 Å². The van der Waals surface area contributed by atoms with Gasteiger partial charge in [0, 0.05) is 36.7 Å². The lowest BCUT2D eigenvalue weighted by molar-refractivity contribution is 0.0948. The summed E-state index contributed by atoms with van der Waals surface area (Å²) >= 11 is 0. The Kier molecular flexibility index (Phi) is 8.90. The Hall–Kier alpha value is -2.14. The Labute approximate surface area is 157 Å². The van der Waals surface area contributed by atoms with Crippen molar-refractivity contribution < 1.29 is 4.79 Å². The van der Waals surface area contributed by atoms with Crippen molar-refractivity contribution in [1.29, 1.82) is 0 Å². The third-order valence-electron chi connectivity index (χ3n) is 4.67. The molecule has 0 aliphatic heterocycles. The molecule has 0 saturated carbocycles. The maximum absolute atomic E-state index is 12.3. The summed E-state index contributed by atoms with van der Waals surface area (Å²) in [6.45, 7) is 8.17. The summed E-state index contributed by atoms with van der Waals surface area (Å²) in [6, 6.07) is 7.59. The maximum Gasteiger partial charge on any atom is 0.251 e. The number of imidazole rings is 1. The minimum atomic E-state index is -0.0128. The molecule has 2 aromatic rings. The number of nitrogens with one attached hydrogen (secondary N) is 1. The van der Waals surface area contributed by atoms with E-state index in [1.54, 1.807) is 12.5 Å². The highest BCUT2D eigenvalue weighted by molar-refractivity contribution is 5.94. The first-order valence-electron chi connectivity index (χ1n) is 9.83. The van der Waals surface area contributed by atoms with Gasteiger partial charge in [0.1, 0.15) is 0 Å². The average molecular weight is 357 g/mol. The molecular weight excluding hydrogens is 324 g/mol. The minimum absolute atomic E-state index is 0.0128. The molecule has 5 heteroatoms. The molecule has 0 atom stereocenters. The summed E-state index contributed by atoms with van der Waals surface area (Å²) < 4.78 is 1.92. The summed E-state index contributed by atoms with van der Waals surface area (Å²) in [7, 11) is 0. The van der Waals surface area contributed by atoms with Crippen LogP contribution in [0.2, 0.25) is 0 Å². The van der Waals surface area contributed by atoms with Crippen molar-refractivity contribution in [3.63, 3.8) is 0 Å². The Balaban J connectivity index is 1.70. The van der Waals surface area contributed by atoms with Crippen molar-refractivity contribution in [3.05, 3.63) is 48.5 Å². The van der Waals surface area contributed by atoms with Gasteiger partial charge in [-0.3, -0.25) is 4.79 Å². The molecule has 26 heavy (non-hydrogen) atoms. The van der Waals surface area contributed by atoms with Gasteiger partial charge in [-0.1, -0.05) is 39.5 Å². The second-order valence-electron chi connectivity index (χ2n) is 6.62. The summed E-state index contributed by atoms with van der Waals surface area (Å²) in [4.78, 5) is 18.7. The lowest BCUT2D eigenvalue weighted by Gasteiger charge is -2.20. The number of aromatic nitrogens is 2. The number of hydrogen-bond donors (Lipinski definition) is 1. The van der Waals surface area contributed by atoms with Crippen LogP contribution in [0.15, 0.2) is 43.0 Å². The number of carbonyl (C=O) groups excluding carboxylic acids is 1. The van der Waals surface area contributed by atoms with E-state index in [1.807, 2.05) is 35.0 Å². The molecule has 0 fully saturated rings. The highest BCUT2D eigenvalue weighted by atomic mass is 16.1. The molecule has 1 aromatic heterocycles.